The van der Waals surface area contributed by atoms with Crippen LogP contribution >= 0.6 is 0 Å². The summed E-state index contributed by atoms with van der Waals surface area (Å²) in [6, 6.07) is 12.9. The Morgan fingerprint density at radius 2 is 1.88 bits per heavy atom. The molecule has 2 aromatic carbocycles. The molecule has 0 atom stereocenters. The van der Waals surface area contributed by atoms with Crippen LogP contribution in [0.3, 0.4) is 0 Å². The topological polar surface area (TPSA) is 71.2 Å². The summed E-state index contributed by atoms with van der Waals surface area (Å²) in [5.74, 6) is 1.05. The van der Waals surface area contributed by atoms with Gasteiger partial charge in [-0.3, -0.25) is 0 Å². The fourth-order valence-electron chi connectivity index (χ4n) is 2.76. The Bertz CT molecular complexity index is 1060. The maximum atomic E-state index is 13.2. The second kappa shape index (κ2) is 5.90. The highest BCUT2D eigenvalue weighted by Gasteiger charge is 2.17. The molecular formula is C19H14FN3O2. The zero-order valence-corrected chi connectivity index (χ0v) is 13.3. The summed E-state index contributed by atoms with van der Waals surface area (Å²) < 4.78 is 19.0. The standard InChI is InChI=1S/C19H14FN3O2/c1-11-16-18(23-14-3-2-4-15(24)9-14)21-10-22-19(16)25-17(11)12-5-7-13(20)8-6-12/h2-10,24H,1H3,(H,21,22,23). The number of nitrogens with one attached hydrogen (secondary N) is 1. The van der Waals surface area contributed by atoms with Crippen LogP contribution in [0.15, 0.2) is 59.3 Å². The van der Waals surface area contributed by atoms with E-state index in [1.165, 1.54) is 18.5 Å². The maximum Gasteiger partial charge on any atom is 0.232 e. The van der Waals surface area contributed by atoms with Gasteiger partial charge in [-0.1, -0.05) is 6.07 Å². The smallest absolute Gasteiger partial charge is 0.232 e. The minimum Gasteiger partial charge on any atom is -0.508 e. The first-order valence-corrected chi connectivity index (χ1v) is 7.68. The number of benzene rings is 2. The van der Waals surface area contributed by atoms with Crippen LogP contribution in [0.4, 0.5) is 15.9 Å². The van der Waals surface area contributed by atoms with E-state index in [9.17, 15) is 9.50 Å². The lowest BCUT2D eigenvalue weighted by Gasteiger charge is -2.06. The van der Waals surface area contributed by atoms with Crippen LogP contribution < -0.4 is 5.32 Å². The number of hydrogen-bond acceptors (Lipinski definition) is 5. The predicted molar refractivity (Wildman–Crippen MR) is 93.3 cm³/mol. The van der Waals surface area contributed by atoms with Gasteiger partial charge in [-0.2, -0.15) is 0 Å². The van der Waals surface area contributed by atoms with E-state index in [1.807, 2.05) is 13.0 Å². The zero-order valence-electron chi connectivity index (χ0n) is 13.3. The Kier molecular flexibility index (Phi) is 3.57. The van der Waals surface area contributed by atoms with E-state index in [4.69, 9.17) is 4.42 Å². The van der Waals surface area contributed by atoms with Crippen LogP contribution in [0, 0.1) is 12.7 Å². The van der Waals surface area contributed by atoms with Crippen LogP contribution in [-0.2, 0) is 0 Å². The number of phenols is 1. The first-order chi connectivity index (χ1) is 12.1. The molecule has 124 valence electrons. The summed E-state index contributed by atoms with van der Waals surface area (Å²) in [5.41, 5.74) is 2.75. The molecule has 0 unspecified atom stereocenters. The van der Waals surface area contributed by atoms with Crippen LogP contribution in [0.5, 0.6) is 5.75 Å². The van der Waals surface area contributed by atoms with Crippen molar-refractivity contribution in [1.82, 2.24) is 9.97 Å². The van der Waals surface area contributed by atoms with E-state index in [-0.39, 0.29) is 11.6 Å². The Hall–Kier alpha value is -3.41. The van der Waals surface area contributed by atoms with Crippen LogP contribution in [0.25, 0.3) is 22.4 Å². The lowest BCUT2D eigenvalue weighted by molar-refractivity contribution is 0.475. The number of rotatable bonds is 3. The van der Waals surface area contributed by atoms with Gasteiger partial charge in [0.25, 0.3) is 0 Å². The van der Waals surface area contributed by atoms with Crippen LogP contribution in [-0.4, -0.2) is 15.1 Å². The molecule has 0 radical (unpaired) electrons. The highest BCUT2D eigenvalue weighted by molar-refractivity contribution is 5.94. The number of aryl methyl sites for hydroxylation is 1. The number of aromatic nitrogens is 2. The summed E-state index contributed by atoms with van der Waals surface area (Å²) in [6.45, 7) is 1.90. The molecule has 0 aliphatic carbocycles. The Morgan fingerprint density at radius 3 is 2.64 bits per heavy atom. The van der Waals surface area contributed by atoms with Gasteiger partial charge in [-0.25, -0.2) is 14.4 Å². The monoisotopic (exact) mass is 335 g/mol. The normalized spacial score (nSPS) is 11.0. The molecule has 0 spiro atoms. The molecule has 4 rings (SSSR count). The largest absolute Gasteiger partial charge is 0.508 e. The average Bonchev–Trinajstić information content (AvgIpc) is 2.94. The van der Waals surface area contributed by atoms with Crippen molar-refractivity contribution in [3.63, 3.8) is 0 Å². The third-order valence-electron chi connectivity index (χ3n) is 3.94. The number of fused-ring (bicyclic) bond motifs is 1. The second-order valence-corrected chi connectivity index (χ2v) is 5.64. The summed E-state index contributed by atoms with van der Waals surface area (Å²) in [5, 5.41) is 13.5. The van der Waals surface area contributed by atoms with Crippen molar-refractivity contribution in [3.05, 3.63) is 66.2 Å². The van der Waals surface area contributed by atoms with E-state index in [2.05, 4.69) is 15.3 Å². The number of halogens is 1. The summed E-state index contributed by atoms with van der Waals surface area (Å²) in [7, 11) is 0. The Morgan fingerprint density at radius 1 is 1.08 bits per heavy atom. The van der Waals surface area contributed by atoms with Crippen molar-refractivity contribution in [2.24, 2.45) is 0 Å². The highest BCUT2D eigenvalue weighted by Crippen LogP contribution is 2.36. The quantitative estimate of drug-likeness (QED) is 0.563. The Labute approximate surface area is 142 Å². The SMILES string of the molecule is Cc1c(-c2ccc(F)cc2)oc2ncnc(Nc3cccc(O)c3)c12. The van der Waals surface area contributed by atoms with Gasteiger partial charge in [0.1, 0.15) is 29.5 Å². The molecule has 2 N–H and O–H groups in total. The molecule has 0 saturated heterocycles. The molecule has 0 bridgehead atoms. The van der Waals surface area contributed by atoms with E-state index < -0.39 is 0 Å². The maximum absolute atomic E-state index is 13.2. The Balaban J connectivity index is 1.82. The number of nitrogens with zero attached hydrogens (tertiary/aromatic N) is 2. The molecule has 6 heteroatoms. The van der Waals surface area contributed by atoms with Crippen LogP contribution in [0.2, 0.25) is 0 Å². The van der Waals surface area contributed by atoms with Crippen molar-refractivity contribution in [2.75, 3.05) is 5.32 Å². The van der Waals surface area contributed by atoms with E-state index in [0.29, 0.717) is 23.0 Å². The molecular weight excluding hydrogens is 321 g/mol. The van der Waals surface area contributed by atoms with Gasteiger partial charge < -0.3 is 14.8 Å². The van der Waals surface area contributed by atoms with Crippen molar-refractivity contribution in [1.29, 1.82) is 0 Å². The predicted octanol–water partition coefficient (Wildman–Crippen LogP) is 4.79. The molecule has 0 saturated carbocycles. The van der Waals surface area contributed by atoms with Crippen molar-refractivity contribution in [2.45, 2.75) is 6.92 Å². The summed E-state index contributed by atoms with van der Waals surface area (Å²) >= 11 is 0. The van der Waals surface area contributed by atoms with Gasteiger partial charge in [-0.15, -0.1) is 0 Å². The molecule has 4 aromatic rings. The van der Waals surface area contributed by atoms with Gasteiger partial charge in [0.05, 0.1) is 5.39 Å². The molecule has 0 aliphatic heterocycles. The second-order valence-electron chi connectivity index (χ2n) is 5.64. The zero-order chi connectivity index (χ0) is 17.4. The van der Waals surface area contributed by atoms with Gasteiger partial charge in [0.15, 0.2) is 0 Å². The van der Waals surface area contributed by atoms with Crippen LogP contribution in [0.1, 0.15) is 5.56 Å². The molecule has 0 fully saturated rings. The van der Waals surface area contributed by atoms with E-state index >= 15 is 0 Å². The molecule has 2 heterocycles. The fourth-order valence-corrected chi connectivity index (χ4v) is 2.76. The fraction of sp³-hybridized carbons (Fsp3) is 0.0526. The third-order valence-corrected chi connectivity index (χ3v) is 3.94. The van der Waals surface area contributed by atoms with Crippen molar-refractivity contribution in [3.8, 4) is 17.1 Å². The van der Waals surface area contributed by atoms with Crippen molar-refractivity contribution < 1.29 is 13.9 Å². The number of phenolic OH excluding ortho intramolecular Hbond substituents is 1. The number of anilines is 2. The van der Waals surface area contributed by atoms with Gasteiger partial charge in [0, 0.05) is 22.9 Å². The van der Waals surface area contributed by atoms with Gasteiger partial charge >= 0.3 is 0 Å². The van der Waals surface area contributed by atoms with Gasteiger partial charge in [0.2, 0.25) is 5.71 Å². The molecule has 25 heavy (non-hydrogen) atoms. The van der Waals surface area contributed by atoms with E-state index in [0.717, 1.165) is 16.5 Å². The number of furan rings is 1. The first kappa shape index (κ1) is 15.1. The lowest BCUT2D eigenvalue weighted by Crippen LogP contribution is -1.95. The minimum absolute atomic E-state index is 0.159. The highest BCUT2D eigenvalue weighted by atomic mass is 19.1. The molecule has 5 nitrogen and oxygen atoms in total. The first-order valence-electron chi connectivity index (χ1n) is 7.68. The van der Waals surface area contributed by atoms with Gasteiger partial charge in [-0.05, 0) is 43.3 Å². The number of hydrogen-bond donors (Lipinski definition) is 2. The summed E-state index contributed by atoms with van der Waals surface area (Å²) in [6.07, 6.45) is 1.41. The minimum atomic E-state index is -0.302. The number of aromatic hydroxyl groups is 1. The van der Waals surface area contributed by atoms with Crippen molar-refractivity contribution >= 4 is 22.6 Å². The lowest BCUT2D eigenvalue weighted by atomic mass is 10.1. The third kappa shape index (κ3) is 2.78. The average molecular weight is 335 g/mol. The molecule has 0 amide bonds. The van der Waals surface area contributed by atoms with E-state index in [1.54, 1.807) is 30.3 Å². The summed E-state index contributed by atoms with van der Waals surface area (Å²) in [4.78, 5) is 8.47. The molecule has 0 aliphatic rings. The molecule has 2 aromatic heterocycles.